The number of nitrogens with zero attached hydrogens (tertiary/aromatic N) is 1. The minimum Gasteiger partial charge on any atom is -0.489 e. The van der Waals surface area contributed by atoms with Crippen LogP contribution in [0, 0.1) is 0 Å². The fraction of sp³-hybridized carbons (Fsp3) is 0.300. The number of fused-ring (bicyclic) bond motifs is 1. The predicted octanol–water partition coefficient (Wildman–Crippen LogP) is 6.52. The van der Waals surface area contributed by atoms with Crippen LogP contribution in [0.15, 0.2) is 84.9 Å². The Morgan fingerprint density at radius 3 is 2.35 bits per heavy atom. The number of allylic oxidation sites excluding steroid dienone is 2. The molecule has 1 aliphatic rings. The molecule has 34 heavy (non-hydrogen) atoms. The highest BCUT2D eigenvalue weighted by Gasteiger charge is 2.21. The van der Waals surface area contributed by atoms with Crippen LogP contribution in [0.3, 0.4) is 0 Å². The molecule has 0 saturated heterocycles. The Bertz CT molecular complexity index is 1120. The molecule has 0 spiro atoms. The van der Waals surface area contributed by atoms with E-state index in [9.17, 15) is 4.79 Å². The summed E-state index contributed by atoms with van der Waals surface area (Å²) in [6.45, 7) is 6.77. The van der Waals surface area contributed by atoms with Crippen LogP contribution in [0.1, 0.15) is 60.0 Å². The third kappa shape index (κ3) is 5.95. The average molecular weight is 456 g/mol. The van der Waals surface area contributed by atoms with Crippen molar-refractivity contribution in [1.82, 2.24) is 4.90 Å². The predicted molar refractivity (Wildman–Crippen MR) is 136 cm³/mol. The molecule has 0 fully saturated rings. The highest BCUT2D eigenvalue weighted by atomic mass is 16.5. The summed E-state index contributed by atoms with van der Waals surface area (Å²) in [4.78, 5) is 13.7. The number of hydrogen-bond acceptors (Lipinski definition) is 3. The van der Waals surface area contributed by atoms with Gasteiger partial charge in [0.25, 0.3) is 0 Å². The van der Waals surface area contributed by atoms with Gasteiger partial charge in [-0.25, -0.2) is 0 Å². The first-order chi connectivity index (χ1) is 16.5. The molecular weight excluding hydrogens is 422 g/mol. The zero-order chi connectivity index (χ0) is 23.9. The Morgan fingerprint density at radius 2 is 1.68 bits per heavy atom. The van der Waals surface area contributed by atoms with Crippen molar-refractivity contribution in [2.45, 2.75) is 51.8 Å². The molecule has 4 nitrogen and oxygen atoms in total. The molecule has 1 aliphatic heterocycles. The van der Waals surface area contributed by atoms with Crippen LogP contribution in [0.5, 0.6) is 5.75 Å². The Kier molecular flexibility index (Phi) is 7.81. The third-order valence-electron chi connectivity index (χ3n) is 6.70. The lowest BCUT2D eigenvalue weighted by Gasteiger charge is -2.34. The molecule has 3 aromatic rings. The van der Waals surface area contributed by atoms with Crippen molar-refractivity contribution in [2.75, 3.05) is 6.54 Å². The second-order valence-electron chi connectivity index (χ2n) is 8.99. The molecule has 0 amide bonds. The molecule has 0 aliphatic carbocycles. The van der Waals surface area contributed by atoms with Crippen LogP contribution in [-0.4, -0.2) is 22.5 Å². The van der Waals surface area contributed by atoms with Crippen LogP contribution in [0.25, 0.3) is 0 Å². The van der Waals surface area contributed by atoms with Crippen molar-refractivity contribution in [2.24, 2.45) is 0 Å². The molecule has 1 unspecified atom stereocenters. The number of benzene rings is 3. The fourth-order valence-electron chi connectivity index (χ4n) is 4.65. The zero-order valence-electron chi connectivity index (χ0n) is 20.0. The van der Waals surface area contributed by atoms with Gasteiger partial charge in [0.05, 0.1) is 6.42 Å². The number of aliphatic carboxylic acids is 1. The van der Waals surface area contributed by atoms with Gasteiger partial charge < -0.3 is 9.84 Å². The largest absolute Gasteiger partial charge is 0.489 e. The van der Waals surface area contributed by atoms with E-state index in [2.05, 4.69) is 60.4 Å². The van der Waals surface area contributed by atoms with Gasteiger partial charge in [-0.05, 0) is 60.2 Å². The first-order valence-corrected chi connectivity index (χ1v) is 12.0. The third-order valence-corrected chi connectivity index (χ3v) is 6.70. The van der Waals surface area contributed by atoms with E-state index in [4.69, 9.17) is 9.84 Å². The molecule has 0 saturated carbocycles. The number of rotatable bonds is 9. The van der Waals surface area contributed by atoms with E-state index in [-0.39, 0.29) is 12.3 Å². The van der Waals surface area contributed by atoms with Gasteiger partial charge in [-0.1, -0.05) is 72.8 Å². The lowest BCUT2D eigenvalue weighted by molar-refractivity contribution is -0.137. The first kappa shape index (κ1) is 23.8. The molecule has 4 heteroatoms. The summed E-state index contributed by atoms with van der Waals surface area (Å²) < 4.78 is 5.98. The minimum atomic E-state index is -0.800. The van der Waals surface area contributed by atoms with E-state index in [1.807, 2.05) is 43.3 Å². The highest BCUT2D eigenvalue weighted by Crippen LogP contribution is 2.28. The van der Waals surface area contributed by atoms with Gasteiger partial charge in [-0.15, -0.1) is 0 Å². The summed E-state index contributed by atoms with van der Waals surface area (Å²) >= 11 is 0. The number of ether oxygens (including phenoxy) is 1. The summed E-state index contributed by atoms with van der Waals surface area (Å²) in [7, 11) is 0. The minimum absolute atomic E-state index is 0.0826. The smallest absolute Gasteiger partial charge is 0.304 e. The molecule has 4 rings (SSSR count). The lowest BCUT2D eigenvalue weighted by Crippen LogP contribution is -2.32. The van der Waals surface area contributed by atoms with Gasteiger partial charge in [0.2, 0.25) is 0 Å². The lowest BCUT2D eigenvalue weighted by atomic mass is 9.95. The number of hydrogen-bond donors (Lipinski definition) is 1. The maximum Gasteiger partial charge on any atom is 0.304 e. The molecule has 0 aromatic heterocycles. The van der Waals surface area contributed by atoms with Crippen LogP contribution in [0.4, 0.5) is 0 Å². The van der Waals surface area contributed by atoms with E-state index in [1.165, 1.54) is 16.7 Å². The van der Waals surface area contributed by atoms with Gasteiger partial charge in [0, 0.05) is 25.0 Å². The Labute approximate surface area is 202 Å². The molecule has 1 N–H and O–H groups in total. The average Bonchev–Trinajstić information content (AvgIpc) is 2.87. The van der Waals surface area contributed by atoms with Gasteiger partial charge >= 0.3 is 5.97 Å². The Balaban J connectivity index is 1.33. The molecule has 1 heterocycles. The van der Waals surface area contributed by atoms with E-state index in [0.29, 0.717) is 12.6 Å². The van der Waals surface area contributed by atoms with Crippen LogP contribution in [0.2, 0.25) is 0 Å². The van der Waals surface area contributed by atoms with Crippen molar-refractivity contribution < 1.29 is 14.6 Å². The molecule has 0 bridgehead atoms. The van der Waals surface area contributed by atoms with Crippen molar-refractivity contribution in [3.63, 3.8) is 0 Å². The van der Waals surface area contributed by atoms with Crippen LogP contribution >= 0.6 is 0 Å². The van der Waals surface area contributed by atoms with Gasteiger partial charge in [0.1, 0.15) is 12.4 Å². The molecule has 3 aromatic carbocycles. The molecule has 176 valence electrons. The normalized spacial score (nSPS) is 15.6. The standard InChI is InChI=1S/C30H33NO3/c1-3-6-27(19-30(32)33)26-13-15-29(16-14-26)34-21-23-9-11-24(12-10-23)22(2)31-18-17-25-7-4-5-8-28(25)20-31/h3-16,22,27H,17-21H2,1-2H3,(H,32,33)/t22?,27-/m1/s1. The maximum absolute atomic E-state index is 11.1. The second-order valence-corrected chi connectivity index (χ2v) is 8.99. The SMILES string of the molecule is CC=C[C@H](CC(=O)O)c1ccc(OCc2ccc(C(C)N3CCc4ccccc4C3)cc2)cc1. The number of carboxylic acid groups (broad SMARTS) is 1. The summed E-state index contributed by atoms with van der Waals surface area (Å²) in [6, 6.07) is 25.6. The number of carbonyl (C=O) groups is 1. The van der Waals surface area contributed by atoms with Gasteiger partial charge in [-0.2, -0.15) is 0 Å². The fourth-order valence-corrected chi connectivity index (χ4v) is 4.65. The van der Waals surface area contributed by atoms with Crippen molar-refractivity contribution in [3.05, 3.63) is 113 Å². The maximum atomic E-state index is 11.1. The number of carboxylic acids is 1. The zero-order valence-corrected chi connectivity index (χ0v) is 20.0. The van der Waals surface area contributed by atoms with Crippen LogP contribution in [-0.2, 0) is 24.4 Å². The second kappa shape index (κ2) is 11.2. The Hall–Kier alpha value is -3.37. The summed E-state index contributed by atoms with van der Waals surface area (Å²) in [6.07, 6.45) is 5.01. The van der Waals surface area contributed by atoms with Crippen molar-refractivity contribution in [1.29, 1.82) is 0 Å². The topological polar surface area (TPSA) is 49.8 Å². The molecule has 0 radical (unpaired) electrons. The summed E-state index contributed by atoms with van der Waals surface area (Å²) in [5.41, 5.74) is 6.34. The van der Waals surface area contributed by atoms with Crippen molar-refractivity contribution in [3.8, 4) is 5.75 Å². The van der Waals surface area contributed by atoms with E-state index < -0.39 is 5.97 Å². The van der Waals surface area contributed by atoms with E-state index >= 15 is 0 Å². The first-order valence-electron chi connectivity index (χ1n) is 12.0. The van der Waals surface area contributed by atoms with E-state index in [1.54, 1.807) is 0 Å². The monoisotopic (exact) mass is 455 g/mol. The molecule has 2 atom stereocenters. The highest BCUT2D eigenvalue weighted by molar-refractivity contribution is 5.68. The van der Waals surface area contributed by atoms with Crippen molar-refractivity contribution >= 4 is 5.97 Å². The summed E-state index contributed by atoms with van der Waals surface area (Å²) in [5.74, 6) is -0.145. The molecular formula is C30H33NO3. The summed E-state index contributed by atoms with van der Waals surface area (Å²) in [5, 5.41) is 9.14. The van der Waals surface area contributed by atoms with Gasteiger partial charge in [0.15, 0.2) is 0 Å². The van der Waals surface area contributed by atoms with Crippen LogP contribution < -0.4 is 4.74 Å². The Morgan fingerprint density at radius 1 is 1.00 bits per heavy atom. The van der Waals surface area contributed by atoms with Gasteiger partial charge in [-0.3, -0.25) is 9.69 Å². The van der Waals surface area contributed by atoms with E-state index in [0.717, 1.165) is 36.4 Å². The quantitative estimate of drug-likeness (QED) is 0.373.